The van der Waals surface area contributed by atoms with Gasteiger partial charge in [-0.3, -0.25) is 4.79 Å². The van der Waals surface area contributed by atoms with Crippen molar-refractivity contribution in [2.75, 3.05) is 11.4 Å². The molecule has 74 valence electrons. The Kier molecular flexibility index (Phi) is 2.21. The zero-order valence-corrected chi connectivity index (χ0v) is 7.61. The molecule has 14 heavy (non-hydrogen) atoms. The average molecular weight is 194 g/mol. The third-order valence-corrected chi connectivity index (χ3v) is 2.39. The highest BCUT2D eigenvalue weighted by Gasteiger charge is 2.30. The first-order chi connectivity index (χ1) is 6.70. The lowest BCUT2D eigenvalue weighted by molar-refractivity contribution is -0.118. The fourth-order valence-corrected chi connectivity index (χ4v) is 1.61. The molecule has 1 aliphatic heterocycles. The highest BCUT2D eigenvalue weighted by atomic mass is 19.1. The second-order valence-electron chi connectivity index (χ2n) is 3.34. The maximum atomic E-state index is 13.3. The normalized spacial score (nSPS) is 21.7. The summed E-state index contributed by atoms with van der Waals surface area (Å²) >= 11 is 0. The molecule has 2 rings (SSSR count). The molecule has 1 heterocycles. The van der Waals surface area contributed by atoms with Crippen LogP contribution in [0.4, 0.5) is 10.1 Å². The van der Waals surface area contributed by atoms with Gasteiger partial charge in [-0.1, -0.05) is 12.1 Å². The molecule has 3 nitrogen and oxygen atoms in total. The van der Waals surface area contributed by atoms with Crippen molar-refractivity contribution in [2.24, 2.45) is 5.73 Å². The van der Waals surface area contributed by atoms with Crippen LogP contribution in [0.15, 0.2) is 24.3 Å². The van der Waals surface area contributed by atoms with E-state index in [1.165, 1.54) is 11.0 Å². The van der Waals surface area contributed by atoms with Crippen LogP contribution in [0.2, 0.25) is 0 Å². The summed E-state index contributed by atoms with van der Waals surface area (Å²) in [6, 6.07) is 5.75. The molecule has 0 saturated carbocycles. The number of hydrogen-bond donors (Lipinski definition) is 1. The van der Waals surface area contributed by atoms with Gasteiger partial charge in [0.05, 0.1) is 11.7 Å². The largest absolute Gasteiger partial charge is 0.320 e. The van der Waals surface area contributed by atoms with E-state index in [4.69, 9.17) is 5.73 Å². The number of nitrogens with zero attached hydrogens (tertiary/aromatic N) is 1. The van der Waals surface area contributed by atoms with Gasteiger partial charge in [-0.2, -0.15) is 0 Å². The zero-order chi connectivity index (χ0) is 10.1. The molecule has 0 bridgehead atoms. The summed E-state index contributed by atoms with van der Waals surface area (Å²) in [5.74, 6) is -0.579. The minimum absolute atomic E-state index is 0.199. The molecule has 1 fully saturated rings. The molecule has 1 aromatic carbocycles. The SMILES string of the molecule is N[C@@H]1CCN(c2ccccc2F)C1=O. The molecule has 0 aliphatic carbocycles. The number of para-hydroxylation sites is 1. The van der Waals surface area contributed by atoms with Crippen LogP contribution in [0.5, 0.6) is 0 Å². The highest BCUT2D eigenvalue weighted by Crippen LogP contribution is 2.23. The second-order valence-corrected chi connectivity index (χ2v) is 3.34. The second kappa shape index (κ2) is 3.38. The van der Waals surface area contributed by atoms with Gasteiger partial charge in [-0.15, -0.1) is 0 Å². The van der Waals surface area contributed by atoms with Gasteiger partial charge in [0, 0.05) is 6.54 Å². The van der Waals surface area contributed by atoms with Crippen LogP contribution in [0, 0.1) is 5.82 Å². The van der Waals surface area contributed by atoms with Crippen LogP contribution >= 0.6 is 0 Å². The molecule has 0 unspecified atom stereocenters. The minimum Gasteiger partial charge on any atom is -0.320 e. The summed E-state index contributed by atoms with van der Waals surface area (Å²) in [7, 11) is 0. The molecule has 0 spiro atoms. The van der Waals surface area contributed by atoms with E-state index in [1.807, 2.05) is 0 Å². The Hall–Kier alpha value is -1.42. The smallest absolute Gasteiger partial charge is 0.244 e. The lowest BCUT2D eigenvalue weighted by Crippen LogP contribution is -2.34. The number of carbonyl (C=O) groups is 1. The van der Waals surface area contributed by atoms with E-state index in [0.29, 0.717) is 18.7 Å². The maximum absolute atomic E-state index is 13.3. The lowest BCUT2D eigenvalue weighted by atomic mass is 10.2. The van der Waals surface area contributed by atoms with Crippen molar-refractivity contribution in [2.45, 2.75) is 12.5 Å². The van der Waals surface area contributed by atoms with Crippen molar-refractivity contribution < 1.29 is 9.18 Å². The molecule has 1 amide bonds. The number of rotatable bonds is 1. The number of anilines is 1. The van der Waals surface area contributed by atoms with Crippen LogP contribution in [0.3, 0.4) is 0 Å². The Morgan fingerprint density at radius 1 is 1.43 bits per heavy atom. The Morgan fingerprint density at radius 2 is 2.14 bits per heavy atom. The Morgan fingerprint density at radius 3 is 2.71 bits per heavy atom. The Labute approximate surface area is 81.3 Å². The minimum atomic E-state index is -0.477. The summed E-state index contributed by atoms with van der Waals surface area (Å²) < 4.78 is 13.3. The van der Waals surface area contributed by atoms with Crippen LogP contribution in [-0.2, 0) is 4.79 Å². The molecule has 1 atom stereocenters. The molecule has 2 N–H and O–H groups in total. The van der Waals surface area contributed by atoms with Crippen molar-refractivity contribution >= 4 is 11.6 Å². The maximum Gasteiger partial charge on any atom is 0.244 e. The predicted octanol–water partition coefficient (Wildman–Crippen LogP) is 0.890. The number of benzene rings is 1. The van der Waals surface area contributed by atoms with Gasteiger partial charge in [-0.05, 0) is 18.6 Å². The summed E-state index contributed by atoms with van der Waals surface area (Å²) in [5, 5.41) is 0. The fourth-order valence-electron chi connectivity index (χ4n) is 1.61. The van der Waals surface area contributed by atoms with Gasteiger partial charge in [0.1, 0.15) is 5.82 Å². The zero-order valence-electron chi connectivity index (χ0n) is 7.61. The number of carbonyl (C=O) groups excluding carboxylic acids is 1. The third-order valence-electron chi connectivity index (χ3n) is 2.39. The number of nitrogens with two attached hydrogens (primary N) is 1. The highest BCUT2D eigenvalue weighted by molar-refractivity contribution is 5.99. The van der Waals surface area contributed by atoms with E-state index >= 15 is 0 Å². The van der Waals surface area contributed by atoms with Crippen LogP contribution in [0.1, 0.15) is 6.42 Å². The van der Waals surface area contributed by atoms with Crippen molar-refractivity contribution in [1.29, 1.82) is 0 Å². The van der Waals surface area contributed by atoms with Gasteiger partial charge in [-0.25, -0.2) is 4.39 Å². The van der Waals surface area contributed by atoms with E-state index < -0.39 is 6.04 Å². The van der Waals surface area contributed by atoms with E-state index in [9.17, 15) is 9.18 Å². The van der Waals surface area contributed by atoms with Crippen LogP contribution in [-0.4, -0.2) is 18.5 Å². The summed E-state index contributed by atoms with van der Waals surface area (Å²) in [4.78, 5) is 12.9. The standard InChI is InChI=1S/C10H11FN2O/c11-7-3-1-2-4-9(7)13-6-5-8(12)10(13)14/h1-4,8H,5-6,12H2/t8-/m1/s1. The van der Waals surface area contributed by atoms with Crippen molar-refractivity contribution in [1.82, 2.24) is 0 Å². The Balaban J connectivity index is 2.33. The first kappa shape index (κ1) is 9.15. The molecule has 1 aliphatic rings. The number of halogens is 1. The summed E-state index contributed by atoms with van der Waals surface area (Å²) in [6.07, 6.45) is 0.590. The van der Waals surface area contributed by atoms with Gasteiger partial charge < -0.3 is 10.6 Å². The summed E-state index contributed by atoms with van der Waals surface area (Å²) in [5.41, 5.74) is 5.87. The molecule has 0 radical (unpaired) electrons. The van der Waals surface area contributed by atoms with Gasteiger partial charge >= 0.3 is 0 Å². The van der Waals surface area contributed by atoms with Crippen molar-refractivity contribution in [3.05, 3.63) is 30.1 Å². The number of hydrogen-bond acceptors (Lipinski definition) is 2. The summed E-state index contributed by atoms with van der Waals surface area (Å²) in [6.45, 7) is 0.501. The quantitative estimate of drug-likeness (QED) is 0.721. The first-order valence-electron chi connectivity index (χ1n) is 4.51. The molecular weight excluding hydrogens is 183 g/mol. The van der Waals surface area contributed by atoms with Gasteiger partial charge in [0.2, 0.25) is 5.91 Å². The molecular formula is C10H11FN2O. The fraction of sp³-hybridized carbons (Fsp3) is 0.300. The molecule has 0 aromatic heterocycles. The molecule has 4 heteroatoms. The third kappa shape index (κ3) is 1.37. The average Bonchev–Trinajstić information content (AvgIpc) is 2.49. The topological polar surface area (TPSA) is 46.3 Å². The van der Waals surface area contributed by atoms with Crippen LogP contribution in [0.25, 0.3) is 0 Å². The molecule has 1 aromatic rings. The first-order valence-corrected chi connectivity index (χ1v) is 4.51. The predicted molar refractivity (Wildman–Crippen MR) is 51.3 cm³/mol. The molecule has 1 saturated heterocycles. The van der Waals surface area contributed by atoms with E-state index in [0.717, 1.165) is 0 Å². The van der Waals surface area contributed by atoms with Gasteiger partial charge in [0.15, 0.2) is 0 Å². The lowest BCUT2D eigenvalue weighted by Gasteiger charge is -2.16. The van der Waals surface area contributed by atoms with E-state index in [-0.39, 0.29) is 11.7 Å². The van der Waals surface area contributed by atoms with Gasteiger partial charge in [0.25, 0.3) is 0 Å². The van der Waals surface area contributed by atoms with Crippen molar-refractivity contribution in [3.63, 3.8) is 0 Å². The van der Waals surface area contributed by atoms with Crippen LogP contribution < -0.4 is 10.6 Å². The van der Waals surface area contributed by atoms with E-state index in [1.54, 1.807) is 18.2 Å². The van der Waals surface area contributed by atoms with E-state index in [2.05, 4.69) is 0 Å². The monoisotopic (exact) mass is 194 g/mol. The van der Waals surface area contributed by atoms with Crippen molar-refractivity contribution in [3.8, 4) is 0 Å². The Bertz CT molecular complexity index is 367. The number of amides is 1.